The molecule has 6 atom stereocenters. The summed E-state index contributed by atoms with van der Waals surface area (Å²) in [6.45, 7) is 13.5. The quantitative estimate of drug-likeness (QED) is 0.584. The van der Waals surface area contributed by atoms with Crippen molar-refractivity contribution in [3.8, 4) is 0 Å². The molecule has 0 saturated heterocycles. The minimum atomic E-state index is -0.433. The van der Waals surface area contributed by atoms with Gasteiger partial charge in [-0.1, -0.05) is 41.5 Å². The van der Waals surface area contributed by atoms with E-state index >= 15 is 0 Å². The second-order valence-corrected chi connectivity index (χ2v) is 9.15. The molecule has 2 aliphatic carbocycles. The van der Waals surface area contributed by atoms with E-state index in [2.05, 4.69) is 41.5 Å². The van der Waals surface area contributed by atoms with Crippen LogP contribution < -0.4 is 0 Å². The van der Waals surface area contributed by atoms with Crippen LogP contribution in [0.1, 0.15) is 80.1 Å². The van der Waals surface area contributed by atoms with E-state index in [1.54, 1.807) is 0 Å². The molecular weight excluding hydrogens is 300 g/mol. The maximum absolute atomic E-state index is 12.4. The molecular formula is C21H38O3. The molecule has 0 aliphatic heterocycles. The summed E-state index contributed by atoms with van der Waals surface area (Å²) in [5, 5.41) is 0. The van der Waals surface area contributed by atoms with Gasteiger partial charge in [0.15, 0.2) is 0 Å². The van der Waals surface area contributed by atoms with Crippen molar-refractivity contribution in [1.29, 1.82) is 0 Å². The molecule has 6 unspecified atom stereocenters. The third-order valence-electron chi connectivity index (χ3n) is 6.71. The van der Waals surface area contributed by atoms with Crippen molar-refractivity contribution in [2.45, 2.75) is 92.3 Å². The first-order chi connectivity index (χ1) is 11.3. The SMILES string of the molecule is CC(C)C1CCC(C)C(OC(=O)OC2CC(C(C)C)CCC2C)C1. The van der Waals surface area contributed by atoms with E-state index in [1.165, 1.54) is 12.8 Å². The normalized spacial score (nSPS) is 37.5. The average Bonchev–Trinajstić information content (AvgIpc) is 2.51. The van der Waals surface area contributed by atoms with Crippen LogP contribution >= 0.6 is 0 Å². The van der Waals surface area contributed by atoms with Crippen LogP contribution in [0.5, 0.6) is 0 Å². The highest BCUT2D eigenvalue weighted by Gasteiger charge is 2.35. The van der Waals surface area contributed by atoms with Crippen LogP contribution in [0.2, 0.25) is 0 Å². The minimum Gasteiger partial charge on any atom is -0.431 e. The summed E-state index contributed by atoms with van der Waals surface area (Å²) in [5.74, 6) is 3.53. The Balaban J connectivity index is 1.87. The van der Waals surface area contributed by atoms with Gasteiger partial charge in [0.05, 0.1) is 0 Å². The summed E-state index contributed by atoms with van der Waals surface area (Å²) in [6, 6.07) is 0. The van der Waals surface area contributed by atoms with Gasteiger partial charge in [0.2, 0.25) is 0 Å². The number of hydrogen-bond acceptors (Lipinski definition) is 3. The fourth-order valence-corrected chi connectivity index (χ4v) is 4.44. The molecule has 2 aliphatic rings. The van der Waals surface area contributed by atoms with E-state index in [-0.39, 0.29) is 12.2 Å². The van der Waals surface area contributed by atoms with Crippen molar-refractivity contribution >= 4 is 6.16 Å². The van der Waals surface area contributed by atoms with Gasteiger partial charge in [0, 0.05) is 0 Å². The van der Waals surface area contributed by atoms with Gasteiger partial charge in [-0.3, -0.25) is 0 Å². The Bertz CT molecular complexity index is 368. The summed E-state index contributed by atoms with van der Waals surface area (Å²) in [4.78, 5) is 12.4. The number of ether oxygens (including phenoxy) is 2. The van der Waals surface area contributed by atoms with E-state index in [1.807, 2.05) is 0 Å². The van der Waals surface area contributed by atoms with Gasteiger partial charge in [-0.2, -0.15) is 0 Å². The van der Waals surface area contributed by atoms with Crippen molar-refractivity contribution in [2.24, 2.45) is 35.5 Å². The Morgan fingerprint density at radius 2 is 1.12 bits per heavy atom. The van der Waals surface area contributed by atoms with E-state index in [0.29, 0.717) is 35.5 Å². The Kier molecular flexibility index (Phi) is 7.00. The smallest absolute Gasteiger partial charge is 0.431 e. The molecule has 2 fully saturated rings. The third kappa shape index (κ3) is 5.13. The molecule has 140 valence electrons. The fourth-order valence-electron chi connectivity index (χ4n) is 4.44. The lowest BCUT2D eigenvalue weighted by Gasteiger charge is -2.37. The van der Waals surface area contributed by atoms with Crippen molar-refractivity contribution in [2.75, 3.05) is 0 Å². The lowest BCUT2D eigenvalue weighted by Crippen LogP contribution is -2.37. The molecule has 0 bridgehead atoms. The third-order valence-corrected chi connectivity index (χ3v) is 6.71. The first-order valence-corrected chi connectivity index (χ1v) is 10.1. The van der Waals surface area contributed by atoms with E-state index in [0.717, 1.165) is 25.7 Å². The van der Waals surface area contributed by atoms with Gasteiger partial charge in [-0.15, -0.1) is 0 Å². The highest BCUT2D eigenvalue weighted by molar-refractivity contribution is 5.60. The number of carbonyl (C=O) groups is 1. The second-order valence-electron chi connectivity index (χ2n) is 9.15. The standard InChI is InChI=1S/C21H38O3/c1-13(2)17-9-7-15(5)19(11-17)23-21(22)24-20-12-18(14(3)4)10-8-16(20)6/h13-20H,7-12H2,1-6H3. The highest BCUT2D eigenvalue weighted by atomic mass is 16.7. The predicted molar refractivity (Wildman–Crippen MR) is 97.8 cm³/mol. The van der Waals surface area contributed by atoms with Gasteiger partial charge >= 0.3 is 6.16 Å². The molecule has 0 aromatic heterocycles. The summed E-state index contributed by atoms with van der Waals surface area (Å²) >= 11 is 0. The van der Waals surface area contributed by atoms with Gasteiger partial charge in [0.25, 0.3) is 0 Å². The van der Waals surface area contributed by atoms with Crippen molar-refractivity contribution in [3.05, 3.63) is 0 Å². The van der Waals surface area contributed by atoms with E-state index in [4.69, 9.17) is 9.47 Å². The number of hydrogen-bond donors (Lipinski definition) is 0. The highest BCUT2D eigenvalue weighted by Crippen LogP contribution is 2.37. The summed E-state index contributed by atoms with van der Waals surface area (Å²) in [5.41, 5.74) is 0. The topological polar surface area (TPSA) is 35.5 Å². The molecule has 0 amide bonds. The van der Waals surface area contributed by atoms with Crippen molar-refractivity contribution in [3.63, 3.8) is 0 Å². The second kappa shape index (κ2) is 8.58. The van der Waals surface area contributed by atoms with Crippen LogP contribution in [0.25, 0.3) is 0 Å². The van der Waals surface area contributed by atoms with E-state index in [9.17, 15) is 4.79 Å². The molecule has 0 aromatic rings. The largest absolute Gasteiger partial charge is 0.508 e. The lowest BCUT2D eigenvalue weighted by molar-refractivity contribution is -0.0607. The Hall–Kier alpha value is -0.730. The van der Waals surface area contributed by atoms with Crippen LogP contribution in [0.3, 0.4) is 0 Å². The molecule has 0 heterocycles. The van der Waals surface area contributed by atoms with E-state index < -0.39 is 6.16 Å². The average molecular weight is 339 g/mol. The molecule has 3 nitrogen and oxygen atoms in total. The predicted octanol–water partition coefficient (Wildman–Crippen LogP) is 6.06. The molecule has 24 heavy (non-hydrogen) atoms. The molecule has 2 rings (SSSR count). The zero-order valence-corrected chi connectivity index (χ0v) is 16.6. The van der Waals surface area contributed by atoms with Crippen molar-refractivity contribution < 1.29 is 14.3 Å². The van der Waals surface area contributed by atoms with Crippen molar-refractivity contribution in [1.82, 2.24) is 0 Å². The zero-order valence-electron chi connectivity index (χ0n) is 16.6. The monoisotopic (exact) mass is 338 g/mol. The van der Waals surface area contributed by atoms with Gasteiger partial charge in [0.1, 0.15) is 12.2 Å². The summed E-state index contributed by atoms with van der Waals surface area (Å²) in [6.07, 6.45) is 6.40. The Morgan fingerprint density at radius 1 is 0.750 bits per heavy atom. The zero-order chi connectivity index (χ0) is 17.9. The summed E-state index contributed by atoms with van der Waals surface area (Å²) < 4.78 is 11.5. The van der Waals surface area contributed by atoms with Crippen LogP contribution in [0, 0.1) is 35.5 Å². The minimum absolute atomic E-state index is 0.0263. The van der Waals surface area contributed by atoms with Gasteiger partial charge in [-0.05, 0) is 74.0 Å². The maximum atomic E-state index is 12.4. The summed E-state index contributed by atoms with van der Waals surface area (Å²) in [7, 11) is 0. The molecule has 0 aromatic carbocycles. The van der Waals surface area contributed by atoms with Gasteiger partial charge < -0.3 is 9.47 Å². The van der Waals surface area contributed by atoms with Crippen LogP contribution in [-0.4, -0.2) is 18.4 Å². The molecule has 2 saturated carbocycles. The van der Waals surface area contributed by atoms with Gasteiger partial charge in [-0.25, -0.2) is 4.79 Å². The molecule has 0 radical (unpaired) electrons. The lowest BCUT2D eigenvalue weighted by atomic mass is 9.76. The molecule has 0 N–H and O–H groups in total. The van der Waals surface area contributed by atoms with Crippen LogP contribution in [0.4, 0.5) is 4.79 Å². The first kappa shape index (κ1) is 19.6. The molecule has 3 heteroatoms. The van der Waals surface area contributed by atoms with Crippen LogP contribution in [-0.2, 0) is 9.47 Å². The van der Waals surface area contributed by atoms with Crippen LogP contribution in [0.15, 0.2) is 0 Å². The number of rotatable bonds is 4. The number of carbonyl (C=O) groups excluding carboxylic acids is 1. The Labute approximate surface area is 148 Å². The molecule has 0 spiro atoms. The Morgan fingerprint density at radius 3 is 1.46 bits per heavy atom. The fraction of sp³-hybridized carbons (Fsp3) is 0.952. The first-order valence-electron chi connectivity index (χ1n) is 10.1. The maximum Gasteiger partial charge on any atom is 0.508 e.